The molecule has 2 saturated heterocycles. The van der Waals surface area contributed by atoms with Crippen LogP contribution in [0.1, 0.15) is 105 Å². The number of benzene rings is 4. The predicted molar refractivity (Wildman–Crippen MR) is 231 cm³/mol. The van der Waals surface area contributed by atoms with Crippen molar-refractivity contribution >= 4 is 28.6 Å². The minimum Gasteiger partial charge on any atom is -0.598 e. The molecule has 0 radical (unpaired) electrons. The number of para-hydroxylation sites is 2. The van der Waals surface area contributed by atoms with Crippen molar-refractivity contribution in [2.75, 3.05) is 32.7 Å². The van der Waals surface area contributed by atoms with E-state index in [-0.39, 0.29) is 33.6 Å². The molecule has 0 saturated carbocycles. The molecule has 2 heterocycles. The van der Waals surface area contributed by atoms with Gasteiger partial charge in [0.2, 0.25) is 0 Å². The molecule has 10 heteroatoms. The molecular weight excluding hydrogens is 749 g/mol. The first-order valence-electron chi connectivity index (χ1n) is 20.6. The fourth-order valence-electron chi connectivity index (χ4n) is 9.86. The van der Waals surface area contributed by atoms with E-state index in [0.29, 0.717) is 30.2 Å². The van der Waals surface area contributed by atoms with Gasteiger partial charge < -0.3 is 18.7 Å². The minimum atomic E-state index is -1.34. The molecule has 302 valence electrons. The zero-order chi connectivity index (χ0) is 40.0. The molecule has 0 bridgehead atoms. The van der Waals surface area contributed by atoms with Crippen molar-refractivity contribution in [2.45, 2.75) is 94.7 Å². The van der Waals surface area contributed by atoms with Crippen LogP contribution in [0, 0.1) is 10.8 Å². The zero-order valence-corrected chi connectivity index (χ0v) is 35.7. The molecule has 4 aliphatic rings. The number of carbonyl (C=O) groups excluding carboxylic acids is 1. The molecule has 2 fully saturated rings. The van der Waals surface area contributed by atoms with E-state index in [1.807, 2.05) is 80.3 Å². The van der Waals surface area contributed by atoms with Gasteiger partial charge in [0.05, 0.1) is 24.2 Å². The molecular formula is C47H58N4O4S2. The number of fused-ring (bicyclic) bond motifs is 2. The lowest BCUT2D eigenvalue weighted by Gasteiger charge is -2.46. The topological polar surface area (TPSA) is 103 Å². The summed E-state index contributed by atoms with van der Waals surface area (Å²) in [4.78, 5) is 18.5. The summed E-state index contributed by atoms with van der Waals surface area (Å²) in [6, 6.07) is 34.3. The average Bonchev–Trinajstić information content (AvgIpc) is 3.66. The third-order valence-corrected chi connectivity index (χ3v) is 16.3. The molecule has 2 aliphatic carbocycles. The van der Waals surface area contributed by atoms with E-state index in [2.05, 4.69) is 76.7 Å². The summed E-state index contributed by atoms with van der Waals surface area (Å²) in [7, 11) is 0. The number of hydrogen-bond acceptors (Lipinski definition) is 7. The quantitative estimate of drug-likeness (QED) is 0.155. The summed E-state index contributed by atoms with van der Waals surface area (Å²) in [6.07, 6.45) is 5.52. The van der Waals surface area contributed by atoms with Gasteiger partial charge >= 0.3 is 0 Å². The van der Waals surface area contributed by atoms with Gasteiger partial charge in [-0.3, -0.25) is 9.69 Å². The standard InChI is InChI=1S/C47H58N4O4S2/c1-44(2,3)56(53)48-41-37-19-11-9-15-34(37)31-46(41)23-27-50(28-24-46)33-45(4,5)57(54)49-42-38-20-12-10-16-35(38)32-47(42)25-29-51(30-26-47)43(52)39-21-13-14-22-40(39)55-36-17-7-6-8-18-36/h6-22,41-42,48-49H,23-33H2,1-5H3/t41-,42-,56-,57-/m1/s1. The Morgan fingerprint density at radius 3 is 1.75 bits per heavy atom. The van der Waals surface area contributed by atoms with Crippen molar-refractivity contribution in [3.8, 4) is 11.5 Å². The monoisotopic (exact) mass is 806 g/mol. The fourth-order valence-corrected chi connectivity index (χ4v) is 12.0. The Bertz CT molecular complexity index is 2040. The number of amides is 1. The number of piperidine rings is 2. The smallest absolute Gasteiger partial charge is 0.257 e. The molecule has 0 aromatic heterocycles. The van der Waals surface area contributed by atoms with Crippen LogP contribution in [-0.2, 0) is 35.6 Å². The van der Waals surface area contributed by atoms with Gasteiger partial charge in [-0.05, 0) is 133 Å². The van der Waals surface area contributed by atoms with Gasteiger partial charge in [-0.15, -0.1) is 9.44 Å². The van der Waals surface area contributed by atoms with E-state index in [1.165, 1.54) is 22.3 Å². The minimum absolute atomic E-state index is 0.00975. The molecule has 8 rings (SSSR count). The molecule has 1 amide bonds. The van der Waals surface area contributed by atoms with Crippen LogP contribution in [0.3, 0.4) is 0 Å². The van der Waals surface area contributed by atoms with Crippen molar-refractivity contribution in [3.05, 3.63) is 131 Å². The van der Waals surface area contributed by atoms with E-state index in [1.54, 1.807) is 0 Å². The number of nitrogens with one attached hydrogen (secondary N) is 2. The normalized spacial score (nSPS) is 22.6. The number of carbonyl (C=O) groups is 1. The highest BCUT2D eigenvalue weighted by Crippen LogP contribution is 2.54. The van der Waals surface area contributed by atoms with Gasteiger partial charge in [-0.1, -0.05) is 78.9 Å². The lowest BCUT2D eigenvalue weighted by atomic mass is 9.73. The Kier molecular flexibility index (Phi) is 11.4. The van der Waals surface area contributed by atoms with Crippen molar-refractivity contribution in [1.82, 2.24) is 19.2 Å². The maximum Gasteiger partial charge on any atom is 0.257 e. The van der Waals surface area contributed by atoms with Crippen LogP contribution in [0.2, 0.25) is 0 Å². The fraction of sp³-hybridized carbons (Fsp3) is 0.468. The van der Waals surface area contributed by atoms with Crippen LogP contribution in [0.25, 0.3) is 0 Å². The second-order valence-electron chi connectivity index (χ2n) is 18.5. The molecule has 0 unspecified atom stereocenters. The van der Waals surface area contributed by atoms with Crippen molar-refractivity contribution in [1.29, 1.82) is 0 Å². The molecule has 8 nitrogen and oxygen atoms in total. The van der Waals surface area contributed by atoms with E-state index in [9.17, 15) is 13.9 Å². The van der Waals surface area contributed by atoms with Gasteiger partial charge in [0, 0.05) is 46.6 Å². The molecule has 4 aromatic carbocycles. The van der Waals surface area contributed by atoms with Crippen LogP contribution >= 0.6 is 0 Å². The first-order chi connectivity index (χ1) is 27.3. The third-order valence-electron chi connectivity index (χ3n) is 13.1. The molecule has 2 spiro atoms. The van der Waals surface area contributed by atoms with Crippen molar-refractivity contribution in [2.24, 2.45) is 10.8 Å². The third kappa shape index (κ3) is 8.16. The molecule has 4 atom stereocenters. The highest BCUT2D eigenvalue weighted by Gasteiger charge is 2.53. The lowest BCUT2D eigenvalue weighted by molar-refractivity contribution is 0.0523. The van der Waals surface area contributed by atoms with E-state index in [4.69, 9.17) is 4.74 Å². The first kappa shape index (κ1) is 40.4. The second-order valence-corrected chi connectivity index (χ2v) is 22.3. The van der Waals surface area contributed by atoms with Crippen LogP contribution < -0.4 is 14.2 Å². The van der Waals surface area contributed by atoms with Crippen LogP contribution in [0.15, 0.2) is 103 Å². The van der Waals surface area contributed by atoms with Gasteiger partial charge in [0.25, 0.3) is 5.91 Å². The SMILES string of the molecule is CC(C)(C)[S@@+]([O-])N[C@@H]1c2ccccc2CC12CCN(CC(C)(C)[S@@+]([O-])N[C@@H]1c3ccccc3CC13CCN(C(=O)c1ccccc1Oc1ccccc1)CC3)CC2. The Balaban J connectivity index is 0.928. The number of likely N-dealkylation sites (tertiary alicyclic amines) is 2. The summed E-state index contributed by atoms with van der Waals surface area (Å²) in [5, 5.41) is 0. The summed E-state index contributed by atoms with van der Waals surface area (Å²) < 4.78 is 40.6. The van der Waals surface area contributed by atoms with Crippen molar-refractivity contribution < 1.29 is 18.6 Å². The zero-order valence-electron chi connectivity index (χ0n) is 34.1. The maximum absolute atomic E-state index is 14.6. The number of ether oxygens (including phenoxy) is 1. The first-order valence-corrected chi connectivity index (χ1v) is 22.9. The lowest BCUT2D eigenvalue weighted by Crippen LogP contribution is -2.55. The van der Waals surface area contributed by atoms with Crippen LogP contribution in [-0.4, -0.2) is 67.0 Å². The van der Waals surface area contributed by atoms with Gasteiger partial charge in [0.15, 0.2) is 4.75 Å². The Morgan fingerprint density at radius 1 is 0.684 bits per heavy atom. The Labute approximate surface area is 345 Å². The highest BCUT2D eigenvalue weighted by molar-refractivity contribution is 7.91. The van der Waals surface area contributed by atoms with Gasteiger partial charge in [-0.2, -0.15) is 0 Å². The summed E-state index contributed by atoms with van der Waals surface area (Å²) in [6.45, 7) is 14.1. The molecule has 4 aromatic rings. The number of hydrogen-bond donors (Lipinski definition) is 2. The van der Waals surface area contributed by atoms with E-state index < -0.39 is 27.5 Å². The number of nitrogens with zero attached hydrogens (tertiary/aromatic N) is 2. The van der Waals surface area contributed by atoms with Gasteiger partial charge in [0.1, 0.15) is 16.2 Å². The predicted octanol–water partition coefficient (Wildman–Crippen LogP) is 8.46. The Hall–Kier alpha value is -3.35. The molecule has 2 N–H and O–H groups in total. The van der Waals surface area contributed by atoms with Crippen LogP contribution in [0.4, 0.5) is 0 Å². The molecule has 57 heavy (non-hydrogen) atoms. The highest BCUT2D eigenvalue weighted by atomic mass is 32.2. The van der Waals surface area contributed by atoms with Crippen molar-refractivity contribution in [3.63, 3.8) is 0 Å². The van der Waals surface area contributed by atoms with E-state index >= 15 is 0 Å². The second kappa shape index (κ2) is 16.0. The summed E-state index contributed by atoms with van der Waals surface area (Å²) in [5.74, 6) is 1.24. The summed E-state index contributed by atoms with van der Waals surface area (Å²) in [5.41, 5.74) is 5.62. The largest absolute Gasteiger partial charge is 0.598 e. The average molecular weight is 807 g/mol. The summed E-state index contributed by atoms with van der Waals surface area (Å²) >= 11 is -2.51. The molecule has 2 aliphatic heterocycles. The number of rotatable bonds is 10. The maximum atomic E-state index is 14.6. The van der Waals surface area contributed by atoms with Gasteiger partial charge in [-0.25, -0.2) is 0 Å². The Morgan fingerprint density at radius 2 is 1.18 bits per heavy atom. The van der Waals surface area contributed by atoms with E-state index in [0.717, 1.165) is 58.2 Å². The van der Waals surface area contributed by atoms with Crippen LogP contribution in [0.5, 0.6) is 11.5 Å².